The van der Waals surface area contributed by atoms with Crippen molar-refractivity contribution in [2.75, 3.05) is 12.4 Å². The van der Waals surface area contributed by atoms with E-state index in [0.29, 0.717) is 0 Å². The molecule has 0 aliphatic carbocycles. The molecule has 2 aromatic heterocycles. The zero-order valence-electron chi connectivity index (χ0n) is 7.39. The number of aromatic nitrogens is 5. The fourth-order valence-corrected chi connectivity index (χ4v) is 2.26. The van der Waals surface area contributed by atoms with Crippen molar-refractivity contribution in [2.24, 2.45) is 0 Å². The second-order valence-electron chi connectivity index (χ2n) is 2.33. The number of H-pyrrole nitrogens is 1. The lowest BCUT2D eigenvalue weighted by Gasteiger charge is -1.90. The molecule has 0 radical (unpaired) electrons. The second kappa shape index (κ2) is 4.38. The van der Waals surface area contributed by atoms with E-state index in [9.17, 15) is 0 Å². The van der Waals surface area contributed by atoms with Crippen LogP contribution in [0.1, 0.15) is 5.01 Å². The lowest BCUT2D eigenvalue weighted by Crippen LogP contribution is -1.84. The summed E-state index contributed by atoms with van der Waals surface area (Å²) in [6.45, 7) is 0. The summed E-state index contributed by atoms with van der Waals surface area (Å²) >= 11 is 3.09. The van der Waals surface area contributed by atoms with Gasteiger partial charge in [0.2, 0.25) is 5.13 Å². The van der Waals surface area contributed by atoms with Crippen molar-refractivity contribution in [3.05, 3.63) is 11.3 Å². The summed E-state index contributed by atoms with van der Waals surface area (Å²) in [6, 6.07) is 0. The molecule has 6 nitrogen and oxygen atoms in total. The fourth-order valence-electron chi connectivity index (χ4n) is 0.807. The van der Waals surface area contributed by atoms with Crippen LogP contribution in [0.15, 0.2) is 11.5 Å². The Labute approximate surface area is 88.6 Å². The van der Waals surface area contributed by atoms with Gasteiger partial charge in [0.05, 0.1) is 5.75 Å². The highest BCUT2D eigenvalue weighted by molar-refractivity contribution is 7.98. The van der Waals surface area contributed by atoms with Gasteiger partial charge < -0.3 is 5.32 Å². The predicted octanol–water partition coefficient (Wildman–Crippen LogP) is 0.990. The molecule has 0 unspecified atom stereocenters. The first-order chi connectivity index (χ1) is 6.88. The molecule has 0 fully saturated rings. The summed E-state index contributed by atoms with van der Waals surface area (Å²) < 4.78 is 0. The molecule has 74 valence electrons. The third-order valence-electron chi connectivity index (χ3n) is 1.41. The maximum Gasteiger partial charge on any atom is 0.205 e. The Balaban J connectivity index is 1.92. The van der Waals surface area contributed by atoms with E-state index in [1.165, 1.54) is 17.7 Å². The van der Waals surface area contributed by atoms with Crippen molar-refractivity contribution in [1.29, 1.82) is 0 Å². The molecule has 14 heavy (non-hydrogen) atoms. The number of aromatic amines is 1. The molecule has 0 atom stereocenters. The van der Waals surface area contributed by atoms with Crippen LogP contribution >= 0.6 is 23.1 Å². The third kappa shape index (κ3) is 2.20. The van der Waals surface area contributed by atoms with Gasteiger partial charge in [-0.25, -0.2) is 4.98 Å². The molecule has 0 spiro atoms. The Bertz CT molecular complexity index is 383. The molecule has 2 N–H and O–H groups in total. The van der Waals surface area contributed by atoms with Gasteiger partial charge in [-0.2, -0.15) is 5.10 Å². The lowest BCUT2D eigenvalue weighted by molar-refractivity contribution is 0.969. The SMILES string of the molecule is CNc1nnc(CSc2ncn[nH]2)s1. The summed E-state index contributed by atoms with van der Waals surface area (Å²) in [5.74, 6) is 0.758. The number of hydrogen-bond acceptors (Lipinski definition) is 7. The summed E-state index contributed by atoms with van der Waals surface area (Å²) in [7, 11) is 1.83. The molecule has 0 amide bonds. The van der Waals surface area contributed by atoms with Gasteiger partial charge in [-0.05, 0) is 0 Å². The van der Waals surface area contributed by atoms with Crippen LogP contribution in [0.25, 0.3) is 0 Å². The van der Waals surface area contributed by atoms with Crippen molar-refractivity contribution in [3.63, 3.8) is 0 Å². The van der Waals surface area contributed by atoms with Crippen LogP contribution in [-0.4, -0.2) is 32.4 Å². The molecule has 0 bridgehead atoms. The average molecular weight is 228 g/mol. The first-order valence-electron chi connectivity index (χ1n) is 3.87. The fraction of sp³-hybridized carbons (Fsp3) is 0.333. The van der Waals surface area contributed by atoms with Gasteiger partial charge in [-0.15, -0.1) is 10.2 Å². The standard InChI is InChI=1S/C6H8N6S2/c1-7-5-12-10-4(14-5)2-13-6-8-3-9-11-6/h3H,2H2,1H3,(H,7,12)(H,8,9,11). The van der Waals surface area contributed by atoms with Crippen molar-refractivity contribution < 1.29 is 0 Å². The maximum absolute atomic E-state index is 4.01. The molecular weight excluding hydrogens is 220 g/mol. The Morgan fingerprint density at radius 1 is 1.57 bits per heavy atom. The van der Waals surface area contributed by atoms with Gasteiger partial charge >= 0.3 is 0 Å². The van der Waals surface area contributed by atoms with E-state index in [1.54, 1.807) is 11.8 Å². The molecule has 0 aliphatic rings. The molecular formula is C6H8N6S2. The highest BCUT2D eigenvalue weighted by Gasteiger charge is 2.04. The monoisotopic (exact) mass is 228 g/mol. The van der Waals surface area contributed by atoms with Crippen LogP contribution in [0.3, 0.4) is 0 Å². The number of nitrogens with zero attached hydrogens (tertiary/aromatic N) is 4. The zero-order valence-corrected chi connectivity index (χ0v) is 9.02. The highest BCUT2D eigenvalue weighted by atomic mass is 32.2. The van der Waals surface area contributed by atoms with Gasteiger partial charge in [0, 0.05) is 7.05 Å². The smallest absolute Gasteiger partial charge is 0.205 e. The van der Waals surface area contributed by atoms with Crippen LogP contribution in [0.4, 0.5) is 5.13 Å². The largest absolute Gasteiger partial charge is 0.363 e. The topological polar surface area (TPSA) is 79.4 Å². The molecule has 2 heterocycles. The van der Waals surface area contributed by atoms with Crippen molar-refractivity contribution >= 4 is 28.2 Å². The summed E-state index contributed by atoms with van der Waals surface area (Å²) in [5.41, 5.74) is 0. The Hall–Kier alpha value is -1.15. The van der Waals surface area contributed by atoms with E-state index in [-0.39, 0.29) is 0 Å². The van der Waals surface area contributed by atoms with E-state index in [0.717, 1.165) is 21.0 Å². The van der Waals surface area contributed by atoms with Crippen molar-refractivity contribution in [3.8, 4) is 0 Å². The number of rotatable bonds is 4. The molecule has 0 saturated carbocycles. The first kappa shape index (κ1) is 9.41. The summed E-state index contributed by atoms with van der Waals surface area (Å²) in [5, 5.41) is 20.0. The van der Waals surface area contributed by atoms with Gasteiger partial charge in [0.25, 0.3) is 0 Å². The van der Waals surface area contributed by atoms with Gasteiger partial charge in [-0.1, -0.05) is 23.1 Å². The Morgan fingerprint density at radius 3 is 3.14 bits per heavy atom. The minimum Gasteiger partial charge on any atom is -0.363 e. The van der Waals surface area contributed by atoms with E-state index < -0.39 is 0 Å². The molecule has 2 rings (SSSR count). The van der Waals surface area contributed by atoms with E-state index >= 15 is 0 Å². The first-order valence-corrected chi connectivity index (χ1v) is 5.67. The Morgan fingerprint density at radius 2 is 2.50 bits per heavy atom. The molecule has 8 heteroatoms. The number of thioether (sulfide) groups is 1. The van der Waals surface area contributed by atoms with Crippen LogP contribution in [0.5, 0.6) is 0 Å². The minimum absolute atomic E-state index is 0.758. The van der Waals surface area contributed by atoms with E-state index in [4.69, 9.17) is 0 Å². The quantitative estimate of drug-likeness (QED) is 0.760. The lowest BCUT2D eigenvalue weighted by atomic mass is 10.9. The average Bonchev–Trinajstić information content (AvgIpc) is 2.86. The van der Waals surface area contributed by atoms with Gasteiger partial charge in [0.15, 0.2) is 5.16 Å². The predicted molar refractivity (Wildman–Crippen MR) is 55.4 cm³/mol. The van der Waals surface area contributed by atoms with Crippen molar-refractivity contribution in [2.45, 2.75) is 10.9 Å². The highest BCUT2D eigenvalue weighted by Crippen LogP contribution is 2.22. The summed E-state index contributed by atoms with van der Waals surface area (Å²) in [6.07, 6.45) is 1.49. The van der Waals surface area contributed by atoms with Crippen molar-refractivity contribution in [1.82, 2.24) is 25.4 Å². The third-order valence-corrected chi connectivity index (χ3v) is 3.42. The maximum atomic E-state index is 4.01. The number of anilines is 1. The van der Waals surface area contributed by atoms with E-state index in [1.807, 2.05) is 7.05 Å². The van der Waals surface area contributed by atoms with Crippen LogP contribution < -0.4 is 5.32 Å². The van der Waals surface area contributed by atoms with Crippen LogP contribution in [-0.2, 0) is 5.75 Å². The second-order valence-corrected chi connectivity index (χ2v) is 4.36. The van der Waals surface area contributed by atoms with E-state index in [2.05, 4.69) is 30.7 Å². The van der Waals surface area contributed by atoms with Crippen LogP contribution in [0.2, 0.25) is 0 Å². The Kier molecular flexibility index (Phi) is 2.94. The molecule has 0 aliphatic heterocycles. The molecule has 2 aromatic rings. The van der Waals surface area contributed by atoms with Crippen LogP contribution in [0, 0.1) is 0 Å². The number of hydrogen-bond donors (Lipinski definition) is 2. The normalized spacial score (nSPS) is 10.4. The van der Waals surface area contributed by atoms with Gasteiger partial charge in [0.1, 0.15) is 11.3 Å². The van der Waals surface area contributed by atoms with Gasteiger partial charge in [-0.3, -0.25) is 5.10 Å². The number of nitrogens with one attached hydrogen (secondary N) is 2. The summed E-state index contributed by atoms with van der Waals surface area (Å²) in [4.78, 5) is 4.00. The molecule has 0 saturated heterocycles. The zero-order chi connectivity index (χ0) is 9.80. The molecule has 0 aromatic carbocycles. The minimum atomic E-state index is 0.758.